The van der Waals surface area contributed by atoms with E-state index in [0.717, 1.165) is 24.7 Å². The van der Waals surface area contributed by atoms with Crippen LogP contribution in [0, 0.1) is 5.82 Å². The smallest absolute Gasteiger partial charge is 0.341 e. The summed E-state index contributed by atoms with van der Waals surface area (Å²) >= 11 is 0. The molecule has 0 aromatic carbocycles. The molecule has 0 bridgehead atoms. The zero-order valence-electron chi connectivity index (χ0n) is 13.1. The highest BCUT2D eigenvalue weighted by atomic mass is 19.1. The molecule has 1 saturated carbocycles. The van der Waals surface area contributed by atoms with Gasteiger partial charge in [0.2, 0.25) is 0 Å². The first-order valence-corrected chi connectivity index (χ1v) is 7.84. The summed E-state index contributed by atoms with van der Waals surface area (Å²) in [4.78, 5) is 20.7. The second-order valence-corrected chi connectivity index (χ2v) is 5.76. The third-order valence-corrected chi connectivity index (χ3v) is 3.94. The van der Waals surface area contributed by atoms with E-state index in [9.17, 15) is 9.18 Å². The van der Waals surface area contributed by atoms with Gasteiger partial charge in [0.15, 0.2) is 5.65 Å². The summed E-state index contributed by atoms with van der Waals surface area (Å²) in [6.45, 7) is 1.97. The molecule has 0 atom stereocenters. The average Bonchev–Trinajstić information content (AvgIpc) is 3.33. The van der Waals surface area contributed by atoms with Crippen LogP contribution in [0.3, 0.4) is 0 Å². The minimum absolute atomic E-state index is 0.238. The highest BCUT2D eigenvalue weighted by Gasteiger charge is 2.27. The van der Waals surface area contributed by atoms with E-state index in [2.05, 4.69) is 15.1 Å². The summed E-state index contributed by atoms with van der Waals surface area (Å²) in [5.74, 6) is -0.539. The Bertz CT molecular complexity index is 933. The maximum Gasteiger partial charge on any atom is 0.341 e. The molecule has 1 aliphatic carbocycles. The number of esters is 1. The van der Waals surface area contributed by atoms with Crippen LogP contribution in [-0.4, -0.2) is 32.2 Å². The number of hydrogen-bond acceptors (Lipinski definition) is 5. The maximum absolute atomic E-state index is 13.5. The zero-order chi connectivity index (χ0) is 16.7. The molecule has 0 amide bonds. The van der Waals surface area contributed by atoms with Gasteiger partial charge in [0.1, 0.15) is 11.4 Å². The van der Waals surface area contributed by atoms with Crippen LogP contribution in [0.2, 0.25) is 0 Å². The Morgan fingerprint density at radius 2 is 2.21 bits per heavy atom. The molecule has 1 fully saturated rings. The molecule has 0 unspecified atom stereocenters. The largest absolute Gasteiger partial charge is 0.462 e. The molecule has 3 aromatic rings. The summed E-state index contributed by atoms with van der Waals surface area (Å²) in [5, 5.41) is 4.49. The van der Waals surface area contributed by atoms with Gasteiger partial charge < -0.3 is 4.74 Å². The zero-order valence-corrected chi connectivity index (χ0v) is 13.1. The van der Waals surface area contributed by atoms with Gasteiger partial charge >= 0.3 is 5.97 Å². The van der Waals surface area contributed by atoms with Crippen LogP contribution in [0.4, 0.5) is 4.39 Å². The van der Waals surface area contributed by atoms with Crippen LogP contribution >= 0.6 is 0 Å². The van der Waals surface area contributed by atoms with Gasteiger partial charge in [0, 0.05) is 29.9 Å². The molecule has 3 aromatic heterocycles. The maximum atomic E-state index is 13.5. The van der Waals surface area contributed by atoms with E-state index < -0.39 is 11.8 Å². The van der Waals surface area contributed by atoms with Gasteiger partial charge in [-0.1, -0.05) is 0 Å². The van der Waals surface area contributed by atoms with E-state index in [0.29, 0.717) is 22.8 Å². The van der Waals surface area contributed by atoms with E-state index >= 15 is 0 Å². The Morgan fingerprint density at radius 1 is 1.38 bits per heavy atom. The second-order valence-electron chi connectivity index (χ2n) is 5.76. The van der Waals surface area contributed by atoms with Crippen molar-refractivity contribution in [2.24, 2.45) is 0 Å². The number of carbonyl (C=O) groups is 1. The Labute approximate surface area is 137 Å². The van der Waals surface area contributed by atoms with Gasteiger partial charge in [-0.15, -0.1) is 0 Å². The highest BCUT2D eigenvalue weighted by Crippen LogP contribution is 2.39. The summed E-state index contributed by atoms with van der Waals surface area (Å²) in [6.07, 6.45) is 6.41. The Morgan fingerprint density at radius 3 is 2.92 bits per heavy atom. The SMILES string of the molecule is CCOC(=O)c1cn2nc(C3CC3)cc2nc1-c1cncc(F)c1. The lowest BCUT2D eigenvalue weighted by molar-refractivity contribution is 0.0526. The lowest BCUT2D eigenvalue weighted by Crippen LogP contribution is -2.10. The van der Waals surface area contributed by atoms with Crippen LogP contribution in [0.1, 0.15) is 41.7 Å². The molecule has 24 heavy (non-hydrogen) atoms. The predicted molar refractivity (Wildman–Crippen MR) is 84.1 cm³/mol. The summed E-state index contributed by atoms with van der Waals surface area (Å²) < 4.78 is 20.2. The number of aromatic nitrogens is 4. The fraction of sp³-hybridized carbons (Fsp3) is 0.294. The normalized spacial score (nSPS) is 14.1. The van der Waals surface area contributed by atoms with Crippen molar-refractivity contribution in [3.63, 3.8) is 0 Å². The quantitative estimate of drug-likeness (QED) is 0.689. The predicted octanol–water partition coefficient (Wildman–Crippen LogP) is 2.98. The molecule has 6 nitrogen and oxygen atoms in total. The number of fused-ring (bicyclic) bond motifs is 1. The van der Waals surface area contributed by atoms with Crippen LogP contribution < -0.4 is 0 Å². The lowest BCUT2D eigenvalue weighted by Gasteiger charge is -2.09. The average molecular weight is 326 g/mol. The summed E-state index contributed by atoms with van der Waals surface area (Å²) in [5.41, 5.74) is 2.59. The number of nitrogens with zero attached hydrogens (tertiary/aromatic N) is 4. The van der Waals surface area contributed by atoms with E-state index in [1.807, 2.05) is 6.07 Å². The van der Waals surface area contributed by atoms with Crippen molar-refractivity contribution < 1.29 is 13.9 Å². The van der Waals surface area contributed by atoms with Crippen LogP contribution in [0.15, 0.2) is 30.7 Å². The Hall–Kier alpha value is -2.83. The van der Waals surface area contributed by atoms with E-state index in [1.165, 1.54) is 12.3 Å². The monoisotopic (exact) mass is 326 g/mol. The van der Waals surface area contributed by atoms with Crippen LogP contribution in [-0.2, 0) is 4.74 Å². The number of pyridine rings is 1. The molecule has 122 valence electrons. The molecular formula is C17H15FN4O2. The molecule has 7 heteroatoms. The third-order valence-electron chi connectivity index (χ3n) is 3.94. The Kier molecular flexibility index (Phi) is 3.48. The van der Waals surface area contributed by atoms with Gasteiger partial charge in [-0.05, 0) is 25.8 Å². The first kappa shape index (κ1) is 14.7. The topological polar surface area (TPSA) is 69.4 Å². The highest BCUT2D eigenvalue weighted by molar-refractivity contribution is 5.96. The summed E-state index contributed by atoms with van der Waals surface area (Å²) in [7, 11) is 0. The van der Waals surface area contributed by atoms with E-state index in [4.69, 9.17) is 4.74 Å². The standard InChI is InChI=1S/C17H15FN4O2/c1-2-24-17(23)13-9-22-15(6-14(21-22)10-3-4-10)20-16(13)11-5-12(18)8-19-7-11/h5-10H,2-4H2,1H3. The van der Waals surface area contributed by atoms with Gasteiger partial charge in [0.05, 0.1) is 24.2 Å². The first-order valence-electron chi connectivity index (χ1n) is 7.84. The van der Waals surface area contributed by atoms with Crippen molar-refractivity contribution in [1.29, 1.82) is 0 Å². The minimum atomic E-state index is -0.519. The second kappa shape index (κ2) is 5.67. The Balaban J connectivity index is 1.90. The van der Waals surface area contributed by atoms with Gasteiger partial charge in [-0.2, -0.15) is 5.10 Å². The molecule has 3 heterocycles. The van der Waals surface area contributed by atoms with Crippen molar-refractivity contribution in [1.82, 2.24) is 19.6 Å². The molecular weight excluding hydrogens is 311 g/mol. The fourth-order valence-corrected chi connectivity index (χ4v) is 2.64. The van der Waals surface area contributed by atoms with E-state index in [-0.39, 0.29) is 12.2 Å². The molecule has 4 rings (SSSR count). The van der Waals surface area contributed by atoms with Crippen molar-refractivity contribution in [3.8, 4) is 11.3 Å². The molecule has 0 N–H and O–H groups in total. The van der Waals surface area contributed by atoms with Crippen LogP contribution in [0.25, 0.3) is 16.9 Å². The van der Waals surface area contributed by atoms with Crippen molar-refractivity contribution in [3.05, 3.63) is 47.8 Å². The number of rotatable bonds is 4. The lowest BCUT2D eigenvalue weighted by atomic mass is 10.1. The van der Waals surface area contributed by atoms with Gasteiger partial charge in [-0.25, -0.2) is 18.7 Å². The number of ether oxygens (including phenoxy) is 1. The van der Waals surface area contributed by atoms with Crippen molar-refractivity contribution in [2.45, 2.75) is 25.7 Å². The van der Waals surface area contributed by atoms with E-state index in [1.54, 1.807) is 17.6 Å². The molecule has 0 saturated heterocycles. The molecule has 0 radical (unpaired) electrons. The van der Waals surface area contributed by atoms with Crippen molar-refractivity contribution >= 4 is 11.6 Å². The number of halogens is 1. The summed E-state index contributed by atoms with van der Waals surface area (Å²) in [6, 6.07) is 3.20. The van der Waals surface area contributed by atoms with Gasteiger partial charge in [-0.3, -0.25) is 4.98 Å². The third kappa shape index (κ3) is 2.62. The number of carbonyl (C=O) groups excluding carboxylic acids is 1. The minimum Gasteiger partial charge on any atom is -0.462 e. The van der Waals surface area contributed by atoms with Crippen LogP contribution in [0.5, 0.6) is 0 Å². The fourth-order valence-electron chi connectivity index (χ4n) is 2.64. The first-order chi connectivity index (χ1) is 11.7. The van der Waals surface area contributed by atoms with Gasteiger partial charge in [0.25, 0.3) is 0 Å². The molecule has 0 spiro atoms. The number of hydrogen-bond donors (Lipinski definition) is 0. The molecule has 0 aliphatic heterocycles. The molecule has 1 aliphatic rings. The van der Waals surface area contributed by atoms with Crippen molar-refractivity contribution in [2.75, 3.05) is 6.61 Å².